The van der Waals surface area contributed by atoms with Crippen molar-refractivity contribution in [3.63, 3.8) is 0 Å². The lowest BCUT2D eigenvalue weighted by Crippen LogP contribution is -2.41. The molecule has 2 rings (SSSR count). The summed E-state index contributed by atoms with van der Waals surface area (Å²) < 4.78 is 26.0. The number of nitrogens with zero attached hydrogens (tertiary/aromatic N) is 1. The summed E-state index contributed by atoms with van der Waals surface area (Å²) in [7, 11) is 0. The van der Waals surface area contributed by atoms with Gasteiger partial charge in [0, 0.05) is 29.3 Å². The molecule has 2 aromatic rings. The van der Waals surface area contributed by atoms with Crippen LogP contribution in [-0.4, -0.2) is 16.7 Å². The predicted molar refractivity (Wildman–Crippen MR) is 74.4 cm³/mol. The van der Waals surface area contributed by atoms with Crippen molar-refractivity contribution in [1.82, 2.24) is 10.9 Å². The fourth-order valence-electron chi connectivity index (χ4n) is 1.68. The number of nitro benzene ring substituents is 1. The van der Waals surface area contributed by atoms with Crippen molar-refractivity contribution in [2.75, 3.05) is 0 Å². The molecular weight excluding hydrogens is 312 g/mol. The average molecular weight is 321 g/mol. The van der Waals surface area contributed by atoms with E-state index in [9.17, 15) is 28.5 Å². The third kappa shape index (κ3) is 4.06. The average Bonchev–Trinajstić information content (AvgIpc) is 2.51. The maximum atomic E-state index is 13.0. The standard InChI is InChI=1S/C14H9F2N3O4/c15-10-5-9(6-11(16)7-10)14(21)18-17-13(20)8-1-3-12(4-2-8)19(22)23/h1-7H,(H,17,20)(H,18,21). The number of benzene rings is 2. The second-order valence-electron chi connectivity index (χ2n) is 4.37. The molecule has 0 spiro atoms. The summed E-state index contributed by atoms with van der Waals surface area (Å²) in [6.45, 7) is 0. The lowest BCUT2D eigenvalue weighted by Gasteiger charge is -2.07. The second kappa shape index (κ2) is 6.60. The van der Waals surface area contributed by atoms with Gasteiger partial charge in [-0.15, -0.1) is 0 Å². The minimum Gasteiger partial charge on any atom is -0.267 e. The van der Waals surface area contributed by atoms with Crippen molar-refractivity contribution in [3.8, 4) is 0 Å². The van der Waals surface area contributed by atoms with Crippen LogP contribution in [-0.2, 0) is 0 Å². The summed E-state index contributed by atoms with van der Waals surface area (Å²) in [5.41, 5.74) is 3.56. The number of non-ortho nitro benzene ring substituents is 1. The minimum atomic E-state index is -0.933. The van der Waals surface area contributed by atoms with E-state index in [1.54, 1.807) is 0 Å². The van der Waals surface area contributed by atoms with Crippen LogP contribution in [0.3, 0.4) is 0 Å². The smallest absolute Gasteiger partial charge is 0.267 e. The Labute approximate surface area is 128 Å². The Kier molecular flexibility index (Phi) is 4.60. The molecule has 7 nitrogen and oxygen atoms in total. The SMILES string of the molecule is O=C(NNC(=O)c1cc(F)cc(F)c1)c1ccc([N+](=O)[O-])cc1. The fourth-order valence-corrected chi connectivity index (χ4v) is 1.68. The van der Waals surface area contributed by atoms with Gasteiger partial charge < -0.3 is 0 Å². The van der Waals surface area contributed by atoms with E-state index in [4.69, 9.17) is 0 Å². The first kappa shape index (κ1) is 16.0. The molecule has 0 aliphatic rings. The number of halogens is 2. The Balaban J connectivity index is 2.00. The molecule has 2 N–H and O–H groups in total. The molecule has 0 saturated carbocycles. The number of rotatable bonds is 3. The second-order valence-corrected chi connectivity index (χ2v) is 4.37. The van der Waals surface area contributed by atoms with Crippen LogP contribution in [0.15, 0.2) is 42.5 Å². The molecule has 0 aliphatic heterocycles. The van der Waals surface area contributed by atoms with Gasteiger partial charge in [-0.3, -0.25) is 30.6 Å². The summed E-state index contributed by atoms with van der Waals surface area (Å²) in [5, 5.41) is 10.5. The van der Waals surface area contributed by atoms with Gasteiger partial charge in [-0.05, 0) is 24.3 Å². The first-order valence-corrected chi connectivity index (χ1v) is 6.18. The topological polar surface area (TPSA) is 101 Å². The van der Waals surface area contributed by atoms with Gasteiger partial charge in [0.15, 0.2) is 0 Å². The molecular formula is C14H9F2N3O4. The summed E-state index contributed by atoms with van der Waals surface area (Å²) >= 11 is 0. The number of hydrogen-bond donors (Lipinski definition) is 2. The zero-order chi connectivity index (χ0) is 17.0. The van der Waals surface area contributed by atoms with Crippen molar-refractivity contribution >= 4 is 17.5 Å². The van der Waals surface area contributed by atoms with E-state index in [0.29, 0.717) is 6.07 Å². The van der Waals surface area contributed by atoms with Crippen molar-refractivity contribution < 1.29 is 23.3 Å². The van der Waals surface area contributed by atoms with Crippen LogP contribution < -0.4 is 10.9 Å². The molecule has 23 heavy (non-hydrogen) atoms. The Morgan fingerprint density at radius 1 is 0.870 bits per heavy atom. The normalized spacial score (nSPS) is 10.0. The van der Waals surface area contributed by atoms with Crippen molar-refractivity contribution in [2.45, 2.75) is 0 Å². The number of carbonyl (C=O) groups is 2. The first-order chi connectivity index (χ1) is 10.9. The van der Waals surface area contributed by atoms with E-state index in [1.165, 1.54) is 12.1 Å². The van der Waals surface area contributed by atoms with Gasteiger partial charge in [0.05, 0.1) is 4.92 Å². The molecule has 0 saturated heterocycles. The molecule has 9 heteroatoms. The number of nitro groups is 1. The zero-order valence-corrected chi connectivity index (χ0v) is 11.4. The Morgan fingerprint density at radius 3 is 1.83 bits per heavy atom. The molecule has 0 radical (unpaired) electrons. The number of hydrazine groups is 1. The maximum Gasteiger partial charge on any atom is 0.269 e. The molecule has 0 atom stereocenters. The monoisotopic (exact) mass is 321 g/mol. The highest BCUT2D eigenvalue weighted by atomic mass is 19.1. The number of hydrogen-bond acceptors (Lipinski definition) is 4. The molecule has 0 bridgehead atoms. The van der Waals surface area contributed by atoms with Gasteiger partial charge in [0.2, 0.25) is 0 Å². The Hall–Kier alpha value is -3.36. The zero-order valence-electron chi connectivity index (χ0n) is 11.4. The quantitative estimate of drug-likeness (QED) is 0.666. The summed E-state index contributed by atoms with van der Waals surface area (Å²) in [6.07, 6.45) is 0. The van der Waals surface area contributed by atoms with Gasteiger partial charge in [0.25, 0.3) is 17.5 Å². The van der Waals surface area contributed by atoms with Gasteiger partial charge >= 0.3 is 0 Å². The van der Waals surface area contributed by atoms with Gasteiger partial charge in [-0.25, -0.2) is 8.78 Å². The Morgan fingerprint density at radius 2 is 1.35 bits per heavy atom. The predicted octanol–water partition coefficient (Wildman–Crippen LogP) is 1.95. The van der Waals surface area contributed by atoms with Crippen molar-refractivity contribution in [2.24, 2.45) is 0 Å². The van der Waals surface area contributed by atoms with Gasteiger partial charge in [-0.2, -0.15) is 0 Å². The van der Waals surface area contributed by atoms with Crippen LogP contribution in [0.4, 0.5) is 14.5 Å². The lowest BCUT2D eigenvalue weighted by molar-refractivity contribution is -0.384. The number of carbonyl (C=O) groups excluding carboxylic acids is 2. The van der Waals surface area contributed by atoms with Crippen LogP contribution >= 0.6 is 0 Å². The highest BCUT2D eigenvalue weighted by Gasteiger charge is 2.12. The third-order valence-corrected chi connectivity index (χ3v) is 2.75. The molecule has 0 fully saturated rings. The molecule has 2 aromatic carbocycles. The highest BCUT2D eigenvalue weighted by Crippen LogP contribution is 2.11. The van der Waals surface area contributed by atoms with E-state index in [1.807, 2.05) is 10.9 Å². The maximum absolute atomic E-state index is 13.0. The van der Waals surface area contributed by atoms with Crippen LogP contribution in [0.5, 0.6) is 0 Å². The summed E-state index contributed by atoms with van der Waals surface area (Å²) in [5.74, 6) is -3.53. The van der Waals surface area contributed by atoms with E-state index < -0.39 is 28.4 Å². The molecule has 2 amide bonds. The largest absolute Gasteiger partial charge is 0.269 e. The lowest BCUT2D eigenvalue weighted by atomic mass is 10.2. The number of amides is 2. The first-order valence-electron chi connectivity index (χ1n) is 6.18. The summed E-state index contributed by atoms with van der Waals surface area (Å²) in [6, 6.07) is 6.85. The molecule has 0 unspecified atom stereocenters. The van der Waals surface area contributed by atoms with Gasteiger partial charge in [0.1, 0.15) is 11.6 Å². The van der Waals surface area contributed by atoms with E-state index >= 15 is 0 Å². The van der Waals surface area contributed by atoms with Crippen LogP contribution in [0, 0.1) is 21.7 Å². The molecule has 118 valence electrons. The Bertz CT molecular complexity index is 758. The van der Waals surface area contributed by atoms with Gasteiger partial charge in [-0.1, -0.05) is 0 Å². The molecule has 0 heterocycles. The van der Waals surface area contributed by atoms with Crippen LogP contribution in [0.2, 0.25) is 0 Å². The van der Waals surface area contributed by atoms with E-state index in [0.717, 1.165) is 24.3 Å². The highest BCUT2D eigenvalue weighted by molar-refractivity contribution is 5.99. The molecule has 0 aromatic heterocycles. The molecule has 0 aliphatic carbocycles. The summed E-state index contributed by atoms with van der Waals surface area (Å²) in [4.78, 5) is 33.3. The van der Waals surface area contributed by atoms with Crippen LogP contribution in [0.1, 0.15) is 20.7 Å². The van der Waals surface area contributed by atoms with Crippen molar-refractivity contribution in [3.05, 3.63) is 75.3 Å². The van der Waals surface area contributed by atoms with Crippen LogP contribution in [0.25, 0.3) is 0 Å². The minimum absolute atomic E-state index is 0.0568. The van der Waals surface area contributed by atoms with E-state index in [-0.39, 0.29) is 16.8 Å². The number of nitrogens with one attached hydrogen (secondary N) is 2. The van der Waals surface area contributed by atoms with E-state index in [2.05, 4.69) is 0 Å². The van der Waals surface area contributed by atoms with Crippen molar-refractivity contribution in [1.29, 1.82) is 0 Å². The fraction of sp³-hybridized carbons (Fsp3) is 0. The third-order valence-electron chi connectivity index (χ3n) is 2.75.